The highest BCUT2D eigenvalue weighted by Crippen LogP contribution is 2.11. The van der Waals surface area contributed by atoms with Crippen molar-refractivity contribution >= 4 is 11.9 Å². The van der Waals surface area contributed by atoms with Crippen LogP contribution >= 0.6 is 0 Å². The number of carboxylic acids is 2. The molecule has 0 aliphatic heterocycles. The molecule has 4 heteroatoms. The van der Waals surface area contributed by atoms with Crippen molar-refractivity contribution < 1.29 is 19.8 Å². The van der Waals surface area contributed by atoms with E-state index in [4.69, 9.17) is 15.0 Å². The Balaban J connectivity index is 0. The molecule has 0 unspecified atom stereocenters. The molecule has 0 fully saturated rings. The Kier molecular flexibility index (Phi) is 22.0. The molecule has 4 nitrogen and oxygen atoms in total. The van der Waals surface area contributed by atoms with Gasteiger partial charge in [0.2, 0.25) is 0 Å². The Hall–Kier alpha value is -1.58. The van der Waals surface area contributed by atoms with Crippen LogP contribution in [0, 0.1) is 0 Å². The van der Waals surface area contributed by atoms with Crippen molar-refractivity contribution in [1.29, 1.82) is 0 Å². The summed E-state index contributed by atoms with van der Waals surface area (Å²) in [6, 6.07) is 0. The number of hydrogen-bond donors (Lipinski definition) is 2. The normalized spacial score (nSPS) is 10.8. The molecule has 0 aliphatic rings. The Bertz CT molecular complexity index is 342. The molecule has 0 atom stereocenters. The third-order valence-corrected chi connectivity index (χ3v) is 3.46. The standard InChI is InChI=1S/C18H32O2.C2H4O2/c1-2-3-4-5-6-7-8-9-10-11-12-13-14-15-16-17-18(19)20;1-2(3)4/h14-17H,2-13H2,1H3,(H,19,20);1H3,(H,3,4). The van der Waals surface area contributed by atoms with Crippen LogP contribution in [0.2, 0.25) is 0 Å². The van der Waals surface area contributed by atoms with Crippen LogP contribution < -0.4 is 0 Å². The predicted molar refractivity (Wildman–Crippen MR) is 100 cm³/mol. The van der Waals surface area contributed by atoms with Crippen LogP contribution in [-0.2, 0) is 9.59 Å². The van der Waals surface area contributed by atoms with Crippen LogP contribution in [0.25, 0.3) is 0 Å². The highest BCUT2D eigenvalue weighted by Gasteiger charge is 1.92. The zero-order chi connectivity index (χ0) is 18.5. The van der Waals surface area contributed by atoms with Crippen molar-refractivity contribution in [3.8, 4) is 0 Å². The smallest absolute Gasteiger partial charge is 0.328 e. The van der Waals surface area contributed by atoms with Gasteiger partial charge in [-0.2, -0.15) is 0 Å². The van der Waals surface area contributed by atoms with Crippen molar-refractivity contribution in [2.75, 3.05) is 0 Å². The number of unbranched alkanes of at least 4 members (excludes halogenated alkanes) is 11. The predicted octanol–water partition coefficient (Wildman–Crippen LogP) is 5.98. The molecule has 0 aromatic carbocycles. The average Bonchev–Trinajstić information content (AvgIpc) is 2.50. The van der Waals surface area contributed by atoms with Gasteiger partial charge >= 0.3 is 5.97 Å². The van der Waals surface area contributed by atoms with E-state index in [9.17, 15) is 4.79 Å². The first-order chi connectivity index (χ1) is 11.5. The Morgan fingerprint density at radius 1 is 0.750 bits per heavy atom. The summed E-state index contributed by atoms with van der Waals surface area (Å²) in [5.41, 5.74) is 0. The van der Waals surface area contributed by atoms with E-state index >= 15 is 0 Å². The third-order valence-electron chi connectivity index (χ3n) is 3.46. The molecule has 140 valence electrons. The zero-order valence-electron chi connectivity index (χ0n) is 15.5. The van der Waals surface area contributed by atoms with E-state index in [1.165, 1.54) is 70.6 Å². The highest BCUT2D eigenvalue weighted by atomic mass is 16.4. The van der Waals surface area contributed by atoms with Gasteiger partial charge in [-0.3, -0.25) is 4.79 Å². The molecule has 0 heterocycles. The Morgan fingerprint density at radius 3 is 1.58 bits per heavy atom. The number of allylic oxidation sites excluding steroid dienone is 3. The van der Waals surface area contributed by atoms with Gasteiger partial charge in [-0.25, -0.2) is 4.79 Å². The lowest BCUT2D eigenvalue weighted by Crippen LogP contribution is -1.84. The second-order valence-corrected chi connectivity index (χ2v) is 5.97. The molecular formula is C20H36O4. The Labute approximate surface area is 147 Å². The van der Waals surface area contributed by atoms with Gasteiger partial charge in [-0.1, -0.05) is 89.4 Å². The topological polar surface area (TPSA) is 74.6 Å². The lowest BCUT2D eigenvalue weighted by atomic mass is 10.1. The summed E-state index contributed by atoms with van der Waals surface area (Å²) in [6.07, 6.45) is 22.7. The lowest BCUT2D eigenvalue weighted by molar-refractivity contribution is -0.134. The average molecular weight is 341 g/mol. The molecule has 0 saturated carbocycles. The number of carbonyl (C=O) groups is 2. The van der Waals surface area contributed by atoms with Crippen molar-refractivity contribution in [3.63, 3.8) is 0 Å². The first-order valence-electron chi connectivity index (χ1n) is 9.26. The molecule has 0 amide bonds. The van der Waals surface area contributed by atoms with Gasteiger partial charge in [0.05, 0.1) is 0 Å². The van der Waals surface area contributed by atoms with Crippen LogP contribution in [-0.4, -0.2) is 22.2 Å². The number of aliphatic carboxylic acids is 2. The molecule has 0 aliphatic carbocycles. The monoisotopic (exact) mass is 340 g/mol. The maximum atomic E-state index is 10.2. The first kappa shape index (κ1) is 24.7. The maximum absolute atomic E-state index is 10.2. The van der Waals surface area contributed by atoms with Crippen LogP contribution in [0.3, 0.4) is 0 Å². The number of rotatable bonds is 14. The van der Waals surface area contributed by atoms with Crippen molar-refractivity contribution in [2.45, 2.75) is 90.9 Å². The summed E-state index contributed by atoms with van der Waals surface area (Å²) in [6.45, 7) is 3.34. The summed E-state index contributed by atoms with van der Waals surface area (Å²) in [5, 5.41) is 15.8. The van der Waals surface area contributed by atoms with Crippen molar-refractivity contribution in [2.24, 2.45) is 0 Å². The summed E-state index contributed by atoms with van der Waals surface area (Å²) in [4.78, 5) is 19.2. The molecule has 0 saturated heterocycles. The van der Waals surface area contributed by atoms with Gasteiger partial charge in [0.1, 0.15) is 0 Å². The van der Waals surface area contributed by atoms with Gasteiger partial charge in [-0.15, -0.1) is 0 Å². The van der Waals surface area contributed by atoms with Crippen LogP contribution in [0.1, 0.15) is 90.9 Å². The minimum Gasteiger partial charge on any atom is -0.481 e. The fourth-order valence-corrected chi connectivity index (χ4v) is 2.24. The summed E-state index contributed by atoms with van der Waals surface area (Å²) in [5.74, 6) is -1.72. The van der Waals surface area contributed by atoms with E-state index in [1.807, 2.05) is 12.2 Å². The zero-order valence-corrected chi connectivity index (χ0v) is 15.5. The van der Waals surface area contributed by atoms with Crippen molar-refractivity contribution in [3.05, 3.63) is 24.3 Å². The molecule has 2 N–H and O–H groups in total. The second kappa shape index (κ2) is 21.4. The molecule has 24 heavy (non-hydrogen) atoms. The molecular weight excluding hydrogens is 304 g/mol. The molecule has 0 aromatic heterocycles. The summed E-state index contributed by atoms with van der Waals surface area (Å²) < 4.78 is 0. The largest absolute Gasteiger partial charge is 0.481 e. The second-order valence-electron chi connectivity index (χ2n) is 5.97. The van der Waals surface area contributed by atoms with E-state index in [-0.39, 0.29) is 0 Å². The summed E-state index contributed by atoms with van der Waals surface area (Å²) >= 11 is 0. The van der Waals surface area contributed by atoms with E-state index in [1.54, 1.807) is 6.08 Å². The van der Waals surface area contributed by atoms with Gasteiger partial charge in [0, 0.05) is 13.0 Å². The van der Waals surface area contributed by atoms with Crippen LogP contribution in [0.4, 0.5) is 0 Å². The highest BCUT2D eigenvalue weighted by molar-refractivity contribution is 5.80. The molecule has 0 aromatic rings. The van der Waals surface area contributed by atoms with E-state index in [2.05, 4.69) is 6.92 Å². The van der Waals surface area contributed by atoms with Gasteiger partial charge in [0.25, 0.3) is 5.97 Å². The number of carboxylic acid groups (broad SMARTS) is 2. The minimum atomic E-state index is -0.885. The quantitative estimate of drug-likeness (QED) is 0.232. The van der Waals surface area contributed by atoms with E-state index in [0.717, 1.165) is 19.4 Å². The van der Waals surface area contributed by atoms with Crippen LogP contribution in [0.15, 0.2) is 24.3 Å². The minimum absolute atomic E-state index is 0.833. The Morgan fingerprint density at radius 2 is 1.17 bits per heavy atom. The molecule has 0 bridgehead atoms. The first-order valence-corrected chi connectivity index (χ1v) is 9.26. The maximum Gasteiger partial charge on any atom is 0.328 e. The third kappa shape index (κ3) is 32.4. The van der Waals surface area contributed by atoms with Crippen molar-refractivity contribution in [1.82, 2.24) is 0 Å². The van der Waals surface area contributed by atoms with Gasteiger partial charge < -0.3 is 10.2 Å². The fraction of sp³-hybridized carbons (Fsp3) is 0.700. The van der Waals surface area contributed by atoms with E-state index < -0.39 is 11.9 Å². The van der Waals surface area contributed by atoms with Gasteiger partial charge in [0.15, 0.2) is 0 Å². The van der Waals surface area contributed by atoms with Crippen LogP contribution in [0.5, 0.6) is 0 Å². The number of hydrogen-bond acceptors (Lipinski definition) is 2. The molecule has 0 spiro atoms. The lowest BCUT2D eigenvalue weighted by Gasteiger charge is -2.01. The van der Waals surface area contributed by atoms with E-state index in [0.29, 0.717) is 0 Å². The SMILES string of the molecule is CC(=O)O.CCCCCCCCCCCCCC=CC=CC(=O)O. The van der Waals surface area contributed by atoms with Gasteiger partial charge in [-0.05, 0) is 12.8 Å². The molecule has 0 radical (unpaired) electrons. The molecule has 0 rings (SSSR count). The summed E-state index contributed by atoms with van der Waals surface area (Å²) in [7, 11) is 0. The fourth-order valence-electron chi connectivity index (χ4n) is 2.24.